The van der Waals surface area contributed by atoms with Gasteiger partial charge in [-0.2, -0.15) is 5.26 Å². The summed E-state index contributed by atoms with van der Waals surface area (Å²) < 4.78 is 0. The van der Waals surface area contributed by atoms with Crippen molar-refractivity contribution >= 4 is 17.7 Å². The Labute approximate surface area is 88.1 Å². The molecule has 0 spiro atoms. The van der Waals surface area contributed by atoms with E-state index >= 15 is 0 Å². The van der Waals surface area contributed by atoms with Gasteiger partial charge in [0.05, 0.1) is 6.04 Å². The summed E-state index contributed by atoms with van der Waals surface area (Å²) in [6.07, 6.45) is 3.88. The molecule has 14 heavy (non-hydrogen) atoms. The predicted molar refractivity (Wildman–Crippen MR) is 51.9 cm³/mol. The van der Waals surface area contributed by atoms with E-state index in [1.807, 2.05) is 0 Å². The molecule has 0 bridgehead atoms. The highest BCUT2D eigenvalue weighted by Gasteiger charge is 2.28. The van der Waals surface area contributed by atoms with E-state index in [1.54, 1.807) is 6.19 Å². The molecule has 1 rings (SSSR count). The van der Waals surface area contributed by atoms with Crippen molar-refractivity contribution < 1.29 is 9.90 Å². The largest absolute Gasteiger partial charge is 0.464 e. The molecule has 1 amide bonds. The van der Waals surface area contributed by atoms with Gasteiger partial charge in [-0.15, -0.1) is 11.6 Å². The third-order valence-corrected chi connectivity index (χ3v) is 3.15. The van der Waals surface area contributed by atoms with Crippen LogP contribution < -0.4 is 0 Å². The van der Waals surface area contributed by atoms with E-state index in [4.69, 9.17) is 22.0 Å². The molecule has 5 heteroatoms. The van der Waals surface area contributed by atoms with Gasteiger partial charge in [-0.25, -0.2) is 9.69 Å². The molecule has 0 aromatic carbocycles. The minimum absolute atomic E-state index is 0.142. The van der Waals surface area contributed by atoms with Crippen LogP contribution in [0.15, 0.2) is 0 Å². The SMILES string of the molecule is N#CN(C(=O)O)C1CCC(CCl)CC1. The Balaban J connectivity index is 2.48. The quantitative estimate of drug-likeness (QED) is 0.437. The summed E-state index contributed by atoms with van der Waals surface area (Å²) in [5.41, 5.74) is 0. The van der Waals surface area contributed by atoms with Crippen LogP contribution in [0.3, 0.4) is 0 Å². The fraction of sp³-hybridized carbons (Fsp3) is 0.778. The van der Waals surface area contributed by atoms with Crippen molar-refractivity contribution in [3.8, 4) is 6.19 Å². The molecule has 0 heterocycles. The van der Waals surface area contributed by atoms with E-state index in [9.17, 15) is 4.79 Å². The Hall–Kier alpha value is -0.950. The lowest BCUT2D eigenvalue weighted by Crippen LogP contribution is -2.38. The van der Waals surface area contributed by atoms with E-state index in [0.29, 0.717) is 11.8 Å². The second-order valence-corrected chi connectivity index (χ2v) is 3.89. The summed E-state index contributed by atoms with van der Waals surface area (Å²) in [6, 6.07) is -0.142. The molecule has 0 aliphatic heterocycles. The molecule has 0 radical (unpaired) electrons. The monoisotopic (exact) mass is 216 g/mol. The number of halogens is 1. The van der Waals surface area contributed by atoms with Crippen LogP contribution in [0.2, 0.25) is 0 Å². The van der Waals surface area contributed by atoms with E-state index < -0.39 is 6.09 Å². The van der Waals surface area contributed by atoms with Crippen LogP contribution in [0.25, 0.3) is 0 Å². The van der Waals surface area contributed by atoms with Gasteiger partial charge in [0.15, 0.2) is 6.19 Å². The topological polar surface area (TPSA) is 64.3 Å². The molecule has 1 fully saturated rings. The Bertz CT molecular complexity index is 244. The van der Waals surface area contributed by atoms with Crippen molar-refractivity contribution in [3.05, 3.63) is 0 Å². The van der Waals surface area contributed by atoms with Gasteiger partial charge in [0.25, 0.3) is 0 Å². The zero-order chi connectivity index (χ0) is 10.6. The molecule has 0 aromatic rings. The maximum atomic E-state index is 10.7. The molecule has 1 aliphatic carbocycles. The summed E-state index contributed by atoms with van der Waals surface area (Å²) >= 11 is 5.71. The van der Waals surface area contributed by atoms with Crippen molar-refractivity contribution in [3.63, 3.8) is 0 Å². The van der Waals surface area contributed by atoms with Gasteiger partial charge in [0, 0.05) is 5.88 Å². The fourth-order valence-electron chi connectivity index (χ4n) is 1.84. The number of alkyl halides is 1. The van der Waals surface area contributed by atoms with Crippen LogP contribution in [-0.4, -0.2) is 28.0 Å². The van der Waals surface area contributed by atoms with Crippen LogP contribution in [0.5, 0.6) is 0 Å². The van der Waals surface area contributed by atoms with E-state index in [-0.39, 0.29) is 6.04 Å². The summed E-state index contributed by atoms with van der Waals surface area (Å²) in [7, 11) is 0. The predicted octanol–water partition coefficient (Wildman–Crippen LogP) is 2.25. The standard InChI is InChI=1S/C9H13ClN2O2/c10-5-7-1-3-8(4-2-7)12(6-11)9(13)14/h7-8H,1-5H2,(H,13,14). The van der Waals surface area contributed by atoms with Gasteiger partial charge in [0.2, 0.25) is 0 Å². The molecular weight excluding hydrogens is 204 g/mol. The number of nitriles is 1. The lowest BCUT2D eigenvalue weighted by molar-refractivity contribution is 0.135. The zero-order valence-corrected chi connectivity index (χ0v) is 8.57. The molecule has 0 unspecified atom stereocenters. The number of carbonyl (C=O) groups is 1. The highest BCUT2D eigenvalue weighted by molar-refractivity contribution is 6.18. The number of amides is 1. The Morgan fingerprint density at radius 2 is 2.07 bits per heavy atom. The average Bonchev–Trinajstić information content (AvgIpc) is 2.19. The van der Waals surface area contributed by atoms with Crippen molar-refractivity contribution in [2.75, 3.05) is 5.88 Å². The van der Waals surface area contributed by atoms with Crippen molar-refractivity contribution in [1.82, 2.24) is 4.90 Å². The summed E-state index contributed by atoms with van der Waals surface area (Å²) in [5.74, 6) is 1.12. The molecule has 0 saturated heterocycles. The first-order chi connectivity index (χ1) is 6.69. The normalized spacial score (nSPS) is 26.6. The van der Waals surface area contributed by atoms with Crippen LogP contribution in [0.1, 0.15) is 25.7 Å². The first kappa shape index (κ1) is 11.1. The van der Waals surface area contributed by atoms with Crippen molar-refractivity contribution in [1.29, 1.82) is 5.26 Å². The second kappa shape index (κ2) is 5.06. The third kappa shape index (κ3) is 2.52. The number of carboxylic acid groups (broad SMARTS) is 1. The molecular formula is C9H13ClN2O2. The van der Waals surface area contributed by atoms with Crippen LogP contribution in [-0.2, 0) is 0 Å². The fourth-order valence-corrected chi connectivity index (χ4v) is 2.15. The molecule has 0 atom stereocenters. The maximum Gasteiger partial charge on any atom is 0.420 e. The minimum atomic E-state index is -1.15. The molecule has 1 N–H and O–H groups in total. The Morgan fingerprint density at radius 3 is 2.43 bits per heavy atom. The minimum Gasteiger partial charge on any atom is -0.464 e. The van der Waals surface area contributed by atoms with Gasteiger partial charge in [0.1, 0.15) is 0 Å². The zero-order valence-electron chi connectivity index (χ0n) is 7.82. The van der Waals surface area contributed by atoms with Gasteiger partial charge >= 0.3 is 6.09 Å². The van der Waals surface area contributed by atoms with Crippen LogP contribution >= 0.6 is 11.6 Å². The first-order valence-electron chi connectivity index (χ1n) is 4.67. The summed E-state index contributed by atoms with van der Waals surface area (Å²) in [6.45, 7) is 0. The summed E-state index contributed by atoms with van der Waals surface area (Å²) in [4.78, 5) is 11.5. The molecule has 78 valence electrons. The van der Waals surface area contributed by atoms with Crippen LogP contribution in [0, 0.1) is 17.4 Å². The summed E-state index contributed by atoms with van der Waals surface area (Å²) in [5, 5.41) is 17.4. The highest BCUT2D eigenvalue weighted by atomic mass is 35.5. The highest BCUT2D eigenvalue weighted by Crippen LogP contribution is 2.28. The number of hydrogen-bond acceptors (Lipinski definition) is 2. The average molecular weight is 217 g/mol. The molecule has 4 nitrogen and oxygen atoms in total. The van der Waals surface area contributed by atoms with Gasteiger partial charge in [-0.3, -0.25) is 0 Å². The second-order valence-electron chi connectivity index (χ2n) is 3.58. The molecule has 1 saturated carbocycles. The van der Waals surface area contributed by atoms with E-state index in [1.165, 1.54) is 0 Å². The maximum absolute atomic E-state index is 10.7. The van der Waals surface area contributed by atoms with Gasteiger partial charge in [-0.05, 0) is 31.6 Å². The number of nitrogens with zero attached hydrogens (tertiary/aromatic N) is 2. The van der Waals surface area contributed by atoms with Gasteiger partial charge < -0.3 is 5.11 Å². The lowest BCUT2D eigenvalue weighted by atomic mass is 9.87. The van der Waals surface area contributed by atoms with Crippen molar-refractivity contribution in [2.24, 2.45) is 5.92 Å². The third-order valence-electron chi connectivity index (χ3n) is 2.71. The molecule has 1 aliphatic rings. The Kier molecular flexibility index (Phi) is 4.02. The first-order valence-corrected chi connectivity index (χ1v) is 5.20. The molecule has 0 aromatic heterocycles. The Morgan fingerprint density at radius 1 is 1.50 bits per heavy atom. The van der Waals surface area contributed by atoms with E-state index in [2.05, 4.69) is 0 Å². The van der Waals surface area contributed by atoms with Gasteiger partial charge in [-0.1, -0.05) is 0 Å². The lowest BCUT2D eigenvalue weighted by Gasteiger charge is -2.30. The van der Waals surface area contributed by atoms with Crippen molar-refractivity contribution in [2.45, 2.75) is 31.7 Å². The van der Waals surface area contributed by atoms with Crippen LogP contribution in [0.4, 0.5) is 4.79 Å². The van der Waals surface area contributed by atoms with E-state index in [0.717, 1.165) is 30.6 Å². The number of rotatable bonds is 2. The smallest absolute Gasteiger partial charge is 0.420 e. The number of hydrogen-bond donors (Lipinski definition) is 1.